The summed E-state index contributed by atoms with van der Waals surface area (Å²) in [5.74, 6) is 0.574. The third-order valence-corrected chi connectivity index (χ3v) is 6.41. The van der Waals surface area contributed by atoms with E-state index in [1.807, 2.05) is 78.9 Å². The van der Waals surface area contributed by atoms with Crippen molar-refractivity contribution in [1.29, 1.82) is 0 Å². The van der Waals surface area contributed by atoms with Crippen LogP contribution in [0.1, 0.15) is 26.6 Å². The number of anilines is 1. The van der Waals surface area contributed by atoms with Crippen molar-refractivity contribution in [3.63, 3.8) is 0 Å². The van der Waals surface area contributed by atoms with E-state index in [-0.39, 0.29) is 18.3 Å². The number of thiazole rings is 1. The van der Waals surface area contributed by atoms with Gasteiger partial charge in [0.05, 0.1) is 0 Å². The number of nitrogens with zero attached hydrogens (tertiary/aromatic N) is 1. The highest BCUT2D eigenvalue weighted by molar-refractivity contribution is 7.15. The maximum atomic E-state index is 13.1. The highest BCUT2D eigenvalue weighted by atomic mass is 35.5. The van der Waals surface area contributed by atoms with Gasteiger partial charge in [-0.25, -0.2) is 4.98 Å². The van der Waals surface area contributed by atoms with Crippen LogP contribution in [0.25, 0.3) is 11.0 Å². The first kappa shape index (κ1) is 21.2. The van der Waals surface area contributed by atoms with Crippen molar-refractivity contribution in [3.8, 4) is 5.75 Å². The molecule has 5 nitrogen and oxygen atoms in total. The molecular formula is C26H19ClN2O3S. The van der Waals surface area contributed by atoms with Crippen LogP contribution in [0, 0.1) is 0 Å². The zero-order valence-electron chi connectivity index (χ0n) is 17.5. The number of para-hydroxylation sites is 2. The average Bonchev–Trinajstić information content (AvgIpc) is 3.44. The predicted molar refractivity (Wildman–Crippen MR) is 131 cm³/mol. The Kier molecular flexibility index (Phi) is 6.11. The van der Waals surface area contributed by atoms with E-state index in [2.05, 4.69) is 10.3 Å². The normalized spacial score (nSPS) is 10.9. The minimum absolute atomic E-state index is 0.208. The van der Waals surface area contributed by atoms with Crippen LogP contribution in [0.2, 0.25) is 5.02 Å². The molecule has 0 atom stereocenters. The highest BCUT2D eigenvalue weighted by Crippen LogP contribution is 2.29. The fourth-order valence-corrected chi connectivity index (χ4v) is 4.56. The Bertz CT molecular complexity index is 1410. The van der Waals surface area contributed by atoms with Gasteiger partial charge in [-0.1, -0.05) is 66.2 Å². The quantitative estimate of drug-likeness (QED) is 0.277. The Morgan fingerprint density at radius 3 is 2.61 bits per heavy atom. The van der Waals surface area contributed by atoms with Gasteiger partial charge < -0.3 is 9.15 Å². The molecule has 5 rings (SSSR count). The second kappa shape index (κ2) is 9.48. The van der Waals surface area contributed by atoms with Crippen LogP contribution in [-0.4, -0.2) is 10.9 Å². The molecule has 0 spiro atoms. The number of aromatic nitrogens is 1. The number of benzene rings is 3. The maximum absolute atomic E-state index is 13.1. The first-order valence-corrected chi connectivity index (χ1v) is 11.5. The molecule has 7 heteroatoms. The molecule has 0 aliphatic carbocycles. The summed E-state index contributed by atoms with van der Waals surface area (Å²) in [6, 6.07) is 24.7. The van der Waals surface area contributed by atoms with Gasteiger partial charge in [0, 0.05) is 33.5 Å². The lowest BCUT2D eigenvalue weighted by Gasteiger charge is -2.07. The van der Waals surface area contributed by atoms with Crippen LogP contribution < -0.4 is 10.1 Å². The Hall–Kier alpha value is -3.61. The van der Waals surface area contributed by atoms with Gasteiger partial charge in [0.15, 0.2) is 10.9 Å². The highest BCUT2D eigenvalue weighted by Gasteiger charge is 2.22. The Morgan fingerprint density at radius 1 is 1.00 bits per heavy atom. The number of rotatable bonds is 7. The van der Waals surface area contributed by atoms with Crippen LogP contribution in [0.3, 0.4) is 0 Å². The van der Waals surface area contributed by atoms with Crippen LogP contribution >= 0.6 is 22.9 Å². The van der Waals surface area contributed by atoms with Gasteiger partial charge in [-0.2, -0.15) is 0 Å². The number of amides is 1. The van der Waals surface area contributed by atoms with E-state index in [0.717, 1.165) is 21.6 Å². The van der Waals surface area contributed by atoms with E-state index in [1.165, 1.54) is 11.3 Å². The lowest BCUT2D eigenvalue weighted by atomic mass is 10.1. The van der Waals surface area contributed by atoms with Crippen molar-refractivity contribution in [3.05, 3.63) is 112 Å². The summed E-state index contributed by atoms with van der Waals surface area (Å²) >= 11 is 7.67. The van der Waals surface area contributed by atoms with Crippen molar-refractivity contribution in [2.75, 3.05) is 5.32 Å². The summed E-state index contributed by atoms with van der Waals surface area (Å²) in [6.07, 6.45) is 2.40. The molecule has 0 aliphatic rings. The summed E-state index contributed by atoms with van der Waals surface area (Å²) in [5, 5.41) is 4.92. The molecule has 0 saturated carbocycles. The van der Waals surface area contributed by atoms with E-state index < -0.39 is 0 Å². The lowest BCUT2D eigenvalue weighted by Crippen LogP contribution is -2.13. The number of halogens is 1. The number of hydrogen-bond donors (Lipinski definition) is 1. The minimum atomic E-state index is -0.364. The SMILES string of the molecule is O=C(Nc1ncc(Cc2ccccc2Cl)s1)c1oc2ccccc2c1COc1ccccc1. The van der Waals surface area contributed by atoms with Gasteiger partial charge in [-0.15, -0.1) is 11.3 Å². The Balaban J connectivity index is 1.36. The molecule has 0 radical (unpaired) electrons. The zero-order chi connectivity index (χ0) is 22.6. The van der Waals surface area contributed by atoms with Crippen LogP contribution in [0.4, 0.5) is 5.13 Å². The molecule has 3 aromatic carbocycles. The van der Waals surface area contributed by atoms with Crippen molar-refractivity contribution >= 4 is 44.9 Å². The smallest absolute Gasteiger partial charge is 0.293 e. The first-order valence-electron chi connectivity index (χ1n) is 10.3. The topological polar surface area (TPSA) is 64.4 Å². The van der Waals surface area contributed by atoms with Gasteiger partial charge in [-0.05, 0) is 29.8 Å². The van der Waals surface area contributed by atoms with Gasteiger partial charge >= 0.3 is 0 Å². The third kappa shape index (κ3) is 4.77. The van der Waals surface area contributed by atoms with E-state index in [4.69, 9.17) is 20.8 Å². The standard InChI is InChI=1S/C26H19ClN2O3S/c27-22-12-6-4-8-17(22)14-19-15-28-26(33-19)29-25(30)24-21(16-31-18-9-2-1-3-10-18)20-11-5-7-13-23(20)32-24/h1-13,15H,14,16H2,(H,28,29,30). The number of nitrogens with one attached hydrogen (secondary N) is 1. The van der Waals surface area contributed by atoms with Crippen LogP contribution in [0.5, 0.6) is 5.75 Å². The molecule has 0 saturated heterocycles. The van der Waals surface area contributed by atoms with Gasteiger partial charge in [-0.3, -0.25) is 10.1 Å². The van der Waals surface area contributed by atoms with Gasteiger partial charge in [0.1, 0.15) is 17.9 Å². The number of furan rings is 1. The number of fused-ring (bicyclic) bond motifs is 1. The molecule has 0 unspecified atom stereocenters. The number of carbonyl (C=O) groups is 1. The average molecular weight is 475 g/mol. The molecule has 33 heavy (non-hydrogen) atoms. The molecular weight excluding hydrogens is 456 g/mol. The summed E-state index contributed by atoms with van der Waals surface area (Å²) in [7, 11) is 0. The summed E-state index contributed by atoms with van der Waals surface area (Å²) in [6.45, 7) is 0.208. The molecule has 5 aromatic rings. The predicted octanol–water partition coefficient (Wildman–Crippen LogP) is 6.96. The monoisotopic (exact) mass is 474 g/mol. The largest absolute Gasteiger partial charge is 0.489 e. The fraction of sp³-hybridized carbons (Fsp3) is 0.0769. The van der Waals surface area contributed by atoms with Crippen molar-refractivity contribution in [2.45, 2.75) is 13.0 Å². The van der Waals surface area contributed by atoms with Crippen LogP contribution in [0.15, 0.2) is 89.5 Å². The molecule has 2 aromatic heterocycles. The first-order chi connectivity index (χ1) is 16.2. The van der Waals surface area contributed by atoms with E-state index in [9.17, 15) is 4.79 Å². The van der Waals surface area contributed by atoms with E-state index >= 15 is 0 Å². The molecule has 0 fully saturated rings. The Labute approximate surface area is 199 Å². The van der Waals surface area contributed by atoms with Crippen molar-refractivity contribution in [2.24, 2.45) is 0 Å². The molecule has 1 N–H and O–H groups in total. The van der Waals surface area contributed by atoms with Gasteiger partial charge in [0.25, 0.3) is 5.91 Å². The third-order valence-electron chi connectivity index (χ3n) is 5.13. The molecule has 164 valence electrons. The molecule has 0 aliphatic heterocycles. The van der Waals surface area contributed by atoms with Crippen LogP contribution in [-0.2, 0) is 13.0 Å². The van der Waals surface area contributed by atoms with Gasteiger partial charge in [0.2, 0.25) is 0 Å². The second-order valence-corrected chi connectivity index (χ2v) is 8.88. The minimum Gasteiger partial charge on any atom is -0.489 e. The Morgan fingerprint density at radius 2 is 1.76 bits per heavy atom. The van der Waals surface area contributed by atoms with Crippen molar-refractivity contribution in [1.82, 2.24) is 4.98 Å². The summed E-state index contributed by atoms with van der Waals surface area (Å²) in [5.41, 5.74) is 2.34. The van der Waals surface area contributed by atoms with E-state index in [0.29, 0.717) is 27.7 Å². The van der Waals surface area contributed by atoms with E-state index in [1.54, 1.807) is 6.20 Å². The van der Waals surface area contributed by atoms with Crippen molar-refractivity contribution < 1.29 is 13.9 Å². The maximum Gasteiger partial charge on any atom is 0.293 e. The summed E-state index contributed by atoms with van der Waals surface area (Å²) in [4.78, 5) is 18.5. The number of ether oxygens (including phenoxy) is 1. The second-order valence-electron chi connectivity index (χ2n) is 7.36. The zero-order valence-corrected chi connectivity index (χ0v) is 19.0. The molecule has 0 bridgehead atoms. The lowest BCUT2D eigenvalue weighted by molar-refractivity contribution is 0.0995. The number of hydrogen-bond acceptors (Lipinski definition) is 5. The summed E-state index contributed by atoms with van der Waals surface area (Å²) < 4.78 is 11.8. The fourth-order valence-electron chi connectivity index (χ4n) is 3.53. The molecule has 1 amide bonds. The number of carbonyl (C=O) groups excluding carboxylic acids is 1. The molecule has 2 heterocycles.